The number of ether oxygens (including phenoxy) is 1. The number of carbonyl (C=O) groups is 1. The molecule has 4 rings (SSSR count). The van der Waals surface area contributed by atoms with Crippen LogP contribution < -0.4 is 10.1 Å². The number of hydrogen-bond acceptors (Lipinski definition) is 4. The number of carbonyl (C=O) groups excluding carboxylic acids is 1. The van der Waals surface area contributed by atoms with Crippen LogP contribution in [0.4, 0.5) is 5.69 Å². The van der Waals surface area contributed by atoms with Crippen LogP contribution in [0.3, 0.4) is 0 Å². The first-order valence-electron chi connectivity index (χ1n) is 8.92. The summed E-state index contributed by atoms with van der Waals surface area (Å²) in [6.07, 6.45) is 6.62. The number of benzene rings is 2. The van der Waals surface area contributed by atoms with Gasteiger partial charge in [0.2, 0.25) is 5.91 Å². The van der Waals surface area contributed by atoms with Crippen LogP contribution in [-0.4, -0.2) is 20.5 Å². The minimum atomic E-state index is -0.252. The van der Waals surface area contributed by atoms with E-state index >= 15 is 0 Å². The summed E-state index contributed by atoms with van der Waals surface area (Å²) < 4.78 is 8.32. The Hall–Kier alpha value is -3.45. The zero-order valence-electron chi connectivity index (χ0n) is 15.3. The Morgan fingerprint density at radius 3 is 2.72 bits per heavy atom. The summed E-state index contributed by atoms with van der Waals surface area (Å²) in [7, 11) is 0. The van der Waals surface area contributed by atoms with Crippen molar-refractivity contribution in [2.45, 2.75) is 6.61 Å². The maximum Gasteiger partial charge on any atom is 0.248 e. The van der Waals surface area contributed by atoms with Gasteiger partial charge in [0, 0.05) is 16.7 Å². The monoisotopic (exact) mass is 448 g/mol. The van der Waals surface area contributed by atoms with Crippen LogP contribution in [0, 0.1) is 0 Å². The van der Waals surface area contributed by atoms with Gasteiger partial charge in [-0.1, -0.05) is 42.5 Å². The van der Waals surface area contributed by atoms with E-state index in [2.05, 4.69) is 31.4 Å². The van der Waals surface area contributed by atoms with Crippen molar-refractivity contribution in [3.63, 3.8) is 0 Å². The van der Waals surface area contributed by atoms with Crippen molar-refractivity contribution >= 4 is 39.2 Å². The average molecular weight is 449 g/mol. The number of anilines is 1. The molecule has 6 nitrogen and oxygen atoms in total. The highest BCUT2D eigenvalue weighted by Crippen LogP contribution is 2.21. The molecule has 0 atom stereocenters. The molecule has 0 aliphatic rings. The lowest BCUT2D eigenvalue weighted by molar-refractivity contribution is -0.111. The molecule has 0 bridgehead atoms. The Labute approximate surface area is 176 Å². The zero-order valence-corrected chi connectivity index (χ0v) is 16.9. The fourth-order valence-corrected chi connectivity index (χ4v) is 3.21. The SMILES string of the molecule is O=C(/C=C/c1ccc(OCc2ccccc2)cc1)Nc1cc(Br)cn2cnnc12. The van der Waals surface area contributed by atoms with Gasteiger partial charge in [-0.05, 0) is 51.3 Å². The van der Waals surface area contributed by atoms with E-state index in [9.17, 15) is 4.79 Å². The Morgan fingerprint density at radius 1 is 1.14 bits per heavy atom. The molecule has 0 radical (unpaired) electrons. The van der Waals surface area contributed by atoms with Crippen LogP contribution in [-0.2, 0) is 11.4 Å². The first-order chi connectivity index (χ1) is 14.2. The predicted octanol–water partition coefficient (Wildman–Crippen LogP) is 4.72. The molecule has 0 saturated heterocycles. The van der Waals surface area contributed by atoms with Gasteiger partial charge in [-0.15, -0.1) is 10.2 Å². The lowest BCUT2D eigenvalue weighted by atomic mass is 10.2. The van der Waals surface area contributed by atoms with Crippen molar-refractivity contribution < 1.29 is 9.53 Å². The Bertz CT molecular complexity index is 1150. The third-order valence-corrected chi connectivity index (χ3v) is 4.61. The van der Waals surface area contributed by atoms with Gasteiger partial charge in [-0.25, -0.2) is 0 Å². The van der Waals surface area contributed by atoms with Gasteiger partial charge in [0.05, 0.1) is 5.69 Å². The second kappa shape index (κ2) is 8.70. The quantitative estimate of drug-likeness (QED) is 0.433. The lowest BCUT2D eigenvalue weighted by Crippen LogP contribution is -2.09. The standard InChI is InChI=1S/C22H17BrN4O2/c23-18-12-20(22-26-24-15-27(22)13-18)25-21(28)11-8-16-6-9-19(10-7-16)29-14-17-4-2-1-3-5-17/h1-13,15H,14H2,(H,25,28)/b11-8+. The fourth-order valence-electron chi connectivity index (χ4n) is 2.76. The van der Waals surface area contributed by atoms with Crippen molar-refractivity contribution in [3.05, 3.63) is 94.9 Å². The molecule has 2 aromatic carbocycles. The van der Waals surface area contributed by atoms with Gasteiger partial charge in [0.25, 0.3) is 0 Å². The number of rotatable bonds is 6. The molecule has 2 aromatic heterocycles. The molecule has 144 valence electrons. The van der Waals surface area contributed by atoms with E-state index in [1.54, 1.807) is 22.9 Å². The van der Waals surface area contributed by atoms with E-state index in [4.69, 9.17) is 4.74 Å². The summed E-state index contributed by atoms with van der Waals surface area (Å²) in [5, 5.41) is 10.7. The maximum absolute atomic E-state index is 12.3. The molecular formula is C22H17BrN4O2. The Kier molecular flexibility index (Phi) is 5.67. The molecule has 7 heteroatoms. The number of halogens is 1. The van der Waals surface area contributed by atoms with Crippen molar-refractivity contribution in [2.24, 2.45) is 0 Å². The first kappa shape index (κ1) is 18.9. The van der Waals surface area contributed by atoms with Crippen LogP contribution in [0.15, 0.2) is 83.7 Å². The van der Waals surface area contributed by atoms with E-state index < -0.39 is 0 Å². The molecule has 0 unspecified atom stereocenters. The summed E-state index contributed by atoms with van der Waals surface area (Å²) in [5.41, 5.74) is 3.17. The zero-order chi connectivity index (χ0) is 20.1. The number of fused-ring (bicyclic) bond motifs is 1. The topological polar surface area (TPSA) is 68.5 Å². The largest absolute Gasteiger partial charge is 0.489 e. The third-order valence-electron chi connectivity index (χ3n) is 4.17. The Morgan fingerprint density at radius 2 is 1.93 bits per heavy atom. The van der Waals surface area contributed by atoms with Gasteiger partial charge < -0.3 is 10.1 Å². The second-order valence-corrected chi connectivity index (χ2v) is 7.22. The molecular weight excluding hydrogens is 432 g/mol. The van der Waals surface area contributed by atoms with Gasteiger partial charge >= 0.3 is 0 Å². The molecule has 0 aliphatic heterocycles. The number of amides is 1. The minimum absolute atomic E-state index is 0.252. The van der Waals surface area contributed by atoms with E-state index in [1.807, 2.05) is 60.8 Å². The van der Waals surface area contributed by atoms with Crippen LogP contribution in [0.1, 0.15) is 11.1 Å². The minimum Gasteiger partial charge on any atom is -0.489 e. The van der Waals surface area contributed by atoms with Gasteiger partial charge in [0.15, 0.2) is 5.65 Å². The van der Waals surface area contributed by atoms with Crippen molar-refractivity contribution in [2.75, 3.05) is 5.32 Å². The average Bonchev–Trinajstić information content (AvgIpc) is 3.21. The molecule has 29 heavy (non-hydrogen) atoms. The molecule has 0 fully saturated rings. The molecule has 0 saturated carbocycles. The smallest absolute Gasteiger partial charge is 0.248 e. The van der Waals surface area contributed by atoms with Gasteiger partial charge in [-0.2, -0.15) is 0 Å². The van der Waals surface area contributed by atoms with Crippen LogP contribution in [0.5, 0.6) is 5.75 Å². The highest BCUT2D eigenvalue weighted by Gasteiger charge is 2.07. The van der Waals surface area contributed by atoms with Crippen LogP contribution in [0.25, 0.3) is 11.7 Å². The highest BCUT2D eigenvalue weighted by molar-refractivity contribution is 9.10. The van der Waals surface area contributed by atoms with Gasteiger partial charge in [-0.3, -0.25) is 9.20 Å². The maximum atomic E-state index is 12.3. The molecule has 0 spiro atoms. The lowest BCUT2D eigenvalue weighted by Gasteiger charge is -2.06. The first-order valence-corrected chi connectivity index (χ1v) is 9.71. The van der Waals surface area contributed by atoms with Crippen LogP contribution >= 0.6 is 15.9 Å². The number of nitrogens with one attached hydrogen (secondary N) is 1. The number of hydrogen-bond donors (Lipinski definition) is 1. The van der Waals surface area contributed by atoms with Gasteiger partial charge in [0.1, 0.15) is 18.7 Å². The van der Waals surface area contributed by atoms with E-state index in [1.165, 1.54) is 6.08 Å². The molecule has 0 aliphatic carbocycles. The van der Waals surface area contributed by atoms with E-state index in [0.717, 1.165) is 21.3 Å². The summed E-state index contributed by atoms with van der Waals surface area (Å²) in [4.78, 5) is 12.3. The molecule has 1 amide bonds. The molecule has 2 heterocycles. The number of nitrogens with zero attached hydrogens (tertiary/aromatic N) is 3. The molecule has 1 N–H and O–H groups in total. The predicted molar refractivity (Wildman–Crippen MR) is 116 cm³/mol. The third kappa shape index (κ3) is 4.89. The van der Waals surface area contributed by atoms with Crippen molar-refractivity contribution in [1.29, 1.82) is 0 Å². The van der Waals surface area contributed by atoms with Crippen molar-refractivity contribution in [3.8, 4) is 5.75 Å². The summed E-state index contributed by atoms with van der Waals surface area (Å²) in [5.74, 6) is 0.524. The number of pyridine rings is 1. The van der Waals surface area contributed by atoms with Crippen molar-refractivity contribution in [1.82, 2.24) is 14.6 Å². The Balaban J connectivity index is 1.37. The normalized spacial score (nSPS) is 11.1. The number of aromatic nitrogens is 3. The summed E-state index contributed by atoms with van der Waals surface area (Å²) >= 11 is 3.41. The van der Waals surface area contributed by atoms with E-state index in [0.29, 0.717) is 17.9 Å². The summed E-state index contributed by atoms with van der Waals surface area (Å²) in [6.45, 7) is 0.516. The van der Waals surface area contributed by atoms with Crippen LogP contribution in [0.2, 0.25) is 0 Å². The fraction of sp³-hybridized carbons (Fsp3) is 0.0455. The van der Waals surface area contributed by atoms with E-state index in [-0.39, 0.29) is 5.91 Å². The highest BCUT2D eigenvalue weighted by atomic mass is 79.9. The molecule has 4 aromatic rings. The second-order valence-electron chi connectivity index (χ2n) is 6.30. The summed E-state index contributed by atoms with van der Waals surface area (Å²) in [6, 6.07) is 19.4.